The van der Waals surface area contributed by atoms with Crippen LogP contribution >= 0.6 is 0 Å². The number of hydrogen-bond acceptors (Lipinski definition) is 4. The lowest BCUT2D eigenvalue weighted by molar-refractivity contribution is 0.317. The van der Waals surface area contributed by atoms with E-state index in [4.69, 9.17) is 9.47 Å². The van der Waals surface area contributed by atoms with Crippen molar-refractivity contribution >= 4 is 0 Å². The highest BCUT2D eigenvalue weighted by Crippen LogP contribution is 2.15. The monoisotopic (exact) mass is 524 g/mol. The van der Waals surface area contributed by atoms with Gasteiger partial charge in [-0.05, 0) is 111 Å². The van der Waals surface area contributed by atoms with Crippen molar-refractivity contribution in [3.63, 3.8) is 0 Å². The Labute approximate surface area is 235 Å². The minimum atomic E-state index is 0.717. The Morgan fingerprint density at radius 1 is 0.487 bits per heavy atom. The summed E-state index contributed by atoms with van der Waals surface area (Å²) in [6.07, 6.45) is 11.2. The van der Waals surface area contributed by atoms with Crippen molar-refractivity contribution in [2.45, 2.75) is 72.6 Å². The zero-order chi connectivity index (χ0) is 27.7. The van der Waals surface area contributed by atoms with E-state index in [0.29, 0.717) is 0 Å². The largest absolute Gasteiger partial charge is 0.494 e. The highest BCUT2D eigenvalue weighted by atomic mass is 16.5. The molecule has 4 heteroatoms. The fraction of sp³-hybridized carbons (Fsp3) is 0.371. The van der Waals surface area contributed by atoms with Crippen LogP contribution in [0.4, 0.5) is 0 Å². The van der Waals surface area contributed by atoms with E-state index in [1.165, 1.54) is 22.3 Å². The van der Waals surface area contributed by atoms with Crippen LogP contribution in [0, 0.1) is 0 Å². The minimum Gasteiger partial charge on any atom is -0.494 e. The fourth-order valence-corrected chi connectivity index (χ4v) is 4.09. The van der Waals surface area contributed by atoms with Gasteiger partial charge in [0.15, 0.2) is 0 Å². The molecule has 0 spiro atoms. The quantitative estimate of drug-likeness (QED) is 0.177. The van der Waals surface area contributed by atoms with Gasteiger partial charge in [-0.25, -0.2) is 0 Å². The SMILES string of the molecule is CCCOc1ccc(CCc2ccc(CC)nc2)cc1.CCOc1ccc(CCc2ccc(CC)nc2)cc1. The predicted molar refractivity (Wildman–Crippen MR) is 162 cm³/mol. The summed E-state index contributed by atoms with van der Waals surface area (Å²) < 4.78 is 11.0. The summed E-state index contributed by atoms with van der Waals surface area (Å²) in [7, 11) is 0. The van der Waals surface area contributed by atoms with Gasteiger partial charge in [0.25, 0.3) is 0 Å². The Morgan fingerprint density at radius 3 is 1.26 bits per heavy atom. The Morgan fingerprint density at radius 2 is 0.897 bits per heavy atom. The lowest BCUT2D eigenvalue weighted by atomic mass is 10.1. The molecule has 0 aliphatic rings. The number of nitrogens with zero attached hydrogens (tertiary/aromatic N) is 2. The van der Waals surface area contributed by atoms with Crippen molar-refractivity contribution in [2.24, 2.45) is 0 Å². The third-order valence-electron chi connectivity index (χ3n) is 6.53. The van der Waals surface area contributed by atoms with E-state index in [1.54, 1.807) is 0 Å². The van der Waals surface area contributed by atoms with Gasteiger partial charge < -0.3 is 9.47 Å². The van der Waals surface area contributed by atoms with E-state index < -0.39 is 0 Å². The van der Waals surface area contributed by atoms with Gasteiger partial charge >= 0.3 is 0 Å². The van der Waals surface area contributed by atoms with Crippen molar-refractivity contribution < 1.29 is 9.47 Å². The second-order valence-corrected chi connectivity index (χ2v) is 9.59. The van der Waals surface area contributed by atoms with Crippen LogP contribution in [0.3, 0.4) is 0 Å². The maximum absolute atomic E-state index is 5.59. The molecule has 4 nitrogen and oxygen atoms in total. The molecule has 0 saturated carbocycles. The number of aryl methyl sites for hydroxylation is 6. The molecule has 0 fully saturated rings. The van der Waals surface area contributed by atoms with Crippen molar-refractivity contribution in [2.75, 3.05) is 13.2 Å². The van der Waals surface area contributed by atoms with Gasteiger partial charge in [0.1, 0.15) is 11.5 Å². The van der Waals surface area contributed by atoms with Crippen LogP contribution in [-0.2, 0) is 38.5 Å². The van der Waals surface area contributed by atoms with E-state index in [0.717, 1.165) is 81.0 Å². The maximum atomic E-state index is 5.59. The molecule has 0 aliphatic heterocycles. The number of pyridine rings is 2. The Hall–Kier alpha value is -3.66. The lowest BCUT2D eigenvalue weighted by Crippen LogP contribution is -1.96. The van der Waals surface area contributed by atoms with Crippen LogP contribution in [0.25, 0.3) is 0 Å². The first-order valence-electron chi connectivity index (χ1n) is 14.4. The molecule has 0 radical (unpaired) electrons. The van der Waals surface area contributed by atoms with Crippen LogP contribution in [-0.4, -0.2) is 23.2 Å². The molecule has 2 aromatic heterocycles. The molecule has 0 unspecified atom stereocenters. The summed E-state index contributed by atoms with van der Waals surface area (Å²) in [6.45, 7) is 9.88. The van der Waals surface area contributed by atoms with Crippen LogP contribution in [0.5, 0.6) is 11.5 Å². The standard InChI is InChI=1S/C18H23NO.C17H21NO/c1-3-13-20-18-11-8-15(9-12-18)5-6-16-7-10-17(4-2)19-14-16;1-3-16-10-7-15(13-18-16)6-5-14-8-11-17(12-9-14)19-4-2/h7-12,14H,3-6,13H2,1-2H3;7-13H,3-6H2,1-2H3. The summed E-state index contributed by atoms with van der Waals surface area (Å²) in [5.74, 6) is 1.91. The molecule has 39 heavy (non-hydrogen) atoms. The highest BCUT2D eigenvalue weighted by molar-refractivity contribution is 5.29. The van der Waals surface area contributed by atoms with Gasteiger partial charge in [0, 0.05) is 23.8 Å². The molecular formula is C35H44N2O2. The van der Waals surface area contributed by atoms with Crippen LogP contribution in [0.15, 0.2) is 85.2 Å². The molecule has 0 N–H and O–H groups in total. The number of benzene rings is 2. The van der Waals surface area contributed by atoms with Crippen molar-refractivity contribution in [1.82, 2.24) is 9.97 Å². The molecule has 4 rings (SSSR count). The first-order chi connectivity index (χ1) is 19.1. The van der Waals surface area contributed by atoms with Gasteiger partial charge in [-0.15, -0.1) is 0 Å². The third-order valence-corrected chi connectivity index (χ3v) is 6.53. The minimum absolute atomic E-state index is 0.717. The van der Waals surface area contributed by atoms with Crippen molar-refractivity contribution in [3.05, 3.63) is 119 Å². The van der Waals surface area contributed by atoms with Gasteiger partial charge in [-0.1, -0.05) is 57.2 Å². The number of aromatic nitrogens is 2. The van der Waals surface area contributed by atoms with Crippen LogP contribution in [0.1, 0.15) is 67.8 Å². The maximum Gasteiger partial charge on any atom is 0.119 e. The van der Waals surface area contributed by atoms with Crippen LogP contribution in [0.2, 0.25) is 0 Å². The zero-order valence-electron chi connectivity index (χ0n) is 24.2. The Kier molecular flexibility index (Phi) is 13.1. The molecule has 2 aromatic carbocycles. The number of ether oxygens (including phenoxy) is 2. The van der Waals surface area contributed by atoms with Gasteiger partial charge in [-0.2, -0.15) is 0 Å². The summed E-state index contributed by atoms with van der Waals surface area (Å²) in [6, 6.07) is 25.4. The number of hydrogen-bond donors (Lipinski definition) is 0. The molecular weight excluding hydrogens is 480 g/mol. The van der Waals surface area contributed by atoms with Crippen molar-refractivity contribution in [1.29, 1.82) is 0 Å². The van der Waals surface area contributed by atoms with Gasteiger partial charge in [-0.3, -0.25) is 9.97 Å². The summed E-state index contributed by atoms with van der Waals surface area (Å²) >= 11 is 0. The first-order valence-corrected chi connectivity index (χ1v) is 14.4. The normalized spacial score (nSPS) is 10.5. The van der Waals surface area contributed by atoms with E-state index in [-0.39, 0.29) is 0 Å². The molecule has 206 valence electrons. The lowest BCUT2D eigenvalue weighted by Gasteiger charge is -2.06. The third kappa shape index (κ3) is 10.9. The van der Waals surface area contributed by atoms with E-state index in [9.17, 15) is 0 Å². The molecule has 0 atom stereocenters. The molecule has 4 aromatic rings. The summed E-state index contributed by atoms with van der Waals surface area (Å²) in [4.78, 5) is 8.87. The average molecular weight is 525 g/mol. The van der Waals surface area contributed by atoms with Gasteiger partial charge in [0.05, 0.1) is 13.2 Å². The first kappa shape index (κ1) is 29.9. The Bertz CT molecular complexity index is 1190. The molecule has 0 aliphatic carbocycles. The molecule has 0 amide bonds. The van der Waals surface area contributed by atoms with Gasteiger partial charge in [0.2, 0.25) is 0 Å². The summed E-state index contributed by atoms with van der Waals surface area (Å²) in [5, 5.41) is 0. The van der Waals surface area contributed by atoms with E-state index >= 15 is 0 Å². The molecule has 0 bridgehead atoms. The average Bonchev–Trinajstić information content (AvgIpc) is 3.00. The predicted octanol–water partition coefficient (Wildman–Crippen LogP) is 8.05. The smallest absolute Gasteiger partial charge is 0.119 e. The zero-order valence-corrected chi connectivity index (χ0v) is 24.2. The Balaban J connectivity index is 0.000000216. The molecule has 0 saturated heterocycles. The van der Waals surface area contributed by atoms with E-state index in [1.807, 2.05) is 31.5 Å². The summed E-state index contributed by atoms with van der Waals surface area (Å²) in [5.41, 5.74) is 7.59. The van der Waals surface area contributed by atoms with E-state index in [2.05, 4.69) is 91.4 Å². The second kappa shape index (κ2) is 17.0. The number of rotatable bonds is 13. The molecule has 2 heterocycles. The van der Waals surface area contributed by atoms with Crippen molar-refractivity contribution in [3.8, 4) is 11.5 Å². The second-order valence-electron chi connectivity index (χ2n) is 9.59. The highest BCUT2D eigenvalue weighted by Gasteiger charge is 2.00. The van der Waals surface area contributed by atoms with Crippen LogP contribution < -0.4 is 9.47 Å². The fourth-order valence-electron chi connectivity index (χ4n) is 4.09. The topological polar surface area (TPSA) is 44.2 Å².